The molecular formula is C10H13NO4. The molecule has 15 heavy (non-hydrogen) atoms. The van der Waals surface area contributed by atoms with Crippen molar-refractivity contribution < 1.29 is 19.9 Å². The van der Waals surface area contributed by atoms with E-state index >= 15 is 0 Å². The average Bonchev–Trinajstić information content (AvgIpc) is 2.26. The minimum absolute atomic E-state index is 0.126. The third kappa shape index (κ3) is 3.32. The smallest absolute Gasteiger partial charge is 0.328 e. The third-order valence-electron chi connectivity index (χ3n) is 2.02. The van der Waals surface area contributed by atoms with Gasteiger partial charge in [-0.25, -0.2) is 0 Å². The molecule has 1 aromatic carbocycles. The van der Waals surface area contributed by atoms with Crippen LogP contribution in [0.5, 0.6) is 0 Å². The van der Waals surface area contributed by atoms with E-state index in [4.69, 9.17) is 10.4 Å². The number of rotatable bonds is 4. The van der Waals surface area contributed by atoms with Crippen molar-refractivity contribution in [3.8, 4) is 0 Å². The summed E-state index contributed by atoms with van der Waals surface area (Å²) < 4.78 is 4.45. The van der Waals surface area contributed by atoms with Gasteiger partial charge in [0.25, 0.3) is 0 Å². The lowest BCUT2D eigenvalue weighted by molar-refractivity contribution is -0.327. The normalized spacial score (nSPS) is 12.5. The van der Waals surface area contributed by atoms with E-state index in [9.17, 15) is 4.79 Å². The first-order valence-electron chi connectivity index (χ1n) is 4.44. The highest BCUT2D eigenvalue weighted by Gasteiger charge is 2.25. The zero-order valence-electron chi connectivity index (χ0n) is 8.33. The maximum atomic E-state index is 11.2. The Morgan fingerprint density at radius 3 is 2.47 bits per heavy atom. The second-order valence-electron chi connectivity index (χ2n) is 3.05. The molecule has 0 aromatic heterocycles. The van der Waals surface area contributed by atoms with Crippen LogP contribution in [0.2, 0.25) is 0 Å². The first kappa shape index (κ1) is 11.6. The van der Waals surface area contributed by atoms with Crippen LogP contribution < -0.4 is 0 Å². The number of carbonyl (C=O) groups is 1. The summed E-state index contributed by atoms with van der Waals surface area (Å²) in [5.74, 6) is -0.691. The number of hydrogen-bond acceptors (Lipinski definition) is 5. The van der Waals surface area contributed by atoms with E-state index in [0.717, 1.165) is 5.56 Å². The van der Waals surface area contributed by atoms with Gasteiger partial charge in [-0.3, -0.25) is 15.2 Å². The van der Waals surface area contributed by atoms with Gasteiger partial charge >= 0.3 is 5.97 Å². The Morgan fingerprint density at radius 2 is 2.00 bits per heavy atom. The summed E-state index contributed by atoms with van der Waals surface area (Å²) in [6, 6.07) is 7.94. The van der Waals surface area contributed by atoms with Crippen molar-refractivity contribution in [2.45, 2.75) is 12.5 Å². The van der Waals surface area contributed by atoms with Crippen molar-refractivity contribution in [2.75, 3.05) is 7.11 Å². The van der Waals surface area contributed by atoms with Crippen molar-refractivity contribution >= 4 is 5.97 Å². The van der Waals surface area contributed by atoms with Gasteiger partial charge in [0, 0.05) is 6.42 Å². The highest BCUT2D eigenvalue weighted by Crippen LogP contribution is 2.07. The van der Waals surface area contributed by atoms with Crippen LogP contribution in [0.4, 0.5) is 0 Å². The Balaban J connectivity index is 2.72. The maximum Gasteiger partial charge on any atom is 0.328 e. The number of methoxy groups -OCH3 is 1. The molecule has 0 spiro atoms. The van der Waals surface area contributed by atoms with Gasteiger partial charge in [-0.2, -0.15) is 0 Å². The molecule has 0 saturated heterocycles. The lowest BCUT2D eigenvalue weighted by Crippen LogP contribution is -2.39. The van der Waals surface area contributed by atoms with Crippen molar-refractivity contribution in [1.29, 1.82) is 0 Å². The summed E-state index contributed by atoms with van der Waals surface area (Å²) >= 11 is 0. The molecule has 82 valence electrons. The fourth-order valence-corrected chi connectivity index (χ4v) is 1.23. The van der Waals surface area contributed by atoms with E-state index in [1.54, 1.807) is 12.1 Å². The summed E-state index contributed by atoms with van der Waals surface area (Å²) in [5.41, 5.74) is 0.820. The average molecular weight is 211 g/mol. The van der Waals surface area contributed by atoms with Crippen LogP contribution in [0, 0.1) is 0 Å². The van der Waals surface area contributed by atoms with Crippen molar-refractivity contribution in [1.82, 2.24) is 5.23 Å². The number of hydrogen-bond donors (Lipinski definition) is 2. The Labute approximate surface area is 87.4 Å². The molecule has 0 radical (unpaired) electrons. The van der Waals surface area contributed by atoms with Gasteiger partial charge in [-0.15, -0.1) is 0 Å². The molecule has 5 heteroatoms. The Morgan fingerprint density at radius 1 is 1.40 bits per heavy atom. The van der Waals surface area contributed by atoms with Crippen LogP contribution in [-0.2, 0) is 16.0 Å². The molecule has 1 rings (SSSR count). The van der Waals surface area contributed by atoms with Crippen molar-refractivity contribution in [2.24, 2.45) is 0 Å². The molecule has 0 aliphatic rings. The van der Waals surface area contributed by atoms with Gasteiger partial charge in [0.05, 0.1) is 7.11 Å². The molecule has 2 N–H and O–H groups in total. The van der Waals surface area contributed by atoms with Crippen molar-refractivity contribution in [3.05, 3.63) is 35.9 Å². The summed E-state index contributed by atoms with van der Waals surface area (Å²) in [4.78, 5) is 11.2. The third-order valence-corrected chi connectivity index (χ3v) is 2.02. The molecule has 0 aliphatic heterocycles. The molecular weight excluding hydrogens is 198 g/mol. The minimum atomic E-state index is -1.10. The molecule has 0 unspecified atom stereocenters. The predicted molar refractivity (Wildman–Crippen MR) is 51.4 cm³/mol. The fraction of sp³-hybridized carbons (Fsp3) is 0.300. The van der Waals surface area contributed by atoms with E-state index in [0.29, 0.717) is 0 Å². The second kappa shape index (κ2) is 5.45. The zero-order chi connectivity index (χ0) is 11.3. The lowest BCUT2D eigenvalue weighted by atomic mass is 10.1. The molecule has 0 saturated carbocycles. The number of hydroxylamine groups is 2. The molecule has 1 atom stereocenters. The van der Waals surface area contributed by atoms with Gasteiger partial charge < -0.3 is 4.74 Å². The van der Waals surface area contributed by atoms with Gasteiger partial charge in [0.1, 0.15) is 0 Å². The first-order valence-corrected chi connectivity index (χ1v) is 4.44. The molecule has 0 amide bonds. The van der Waals surface area contributed by atoms with Crippen LogP contribution >= 0.6 is 0 Å². The van der Waals surface area contributed by atoms with Crippen molar-refractivity contribution in [3.63, 3.8) is 0 Å². The van der Waals surface area contributed by atoms with Gasteiger partial charge in [0.15, 0.2) is 6.04 Å². The number of ether oxygens (including phenoxy) is 1. The molecule has 0 heterocycles. The number of benzene rings is 1. The largest absolute Gasteiger partial charge is 0.468 e. The summed E-state index contributed by atoms with van der Waals surface area (Å²) in [5, 5.41) is 17.6. The number of esters is 1. The van der Waals surface area contributed by atoms with E-state index in [1.165, 1.54) is 7.11 Å². The monoisotopic (exact) mass is 211 g/mol. The standard InChI is InChI=1S/C10H13NO4/c1-15-10(12)9(11(13)14)7-8-5-3-2-4-6-8/h2-6,9,13-14H,7H2,1H3/t9-/m0/s1. The molecule has 0 aliphatic carbocycles. The molecule has 1 aromatic rings. The van der Waals surface area contributed by atoms with Crippen LogP contribution in [0.15, 0.2) is 30.3 Å². The van der Waals surface area contributed by atoms with Crippen LogP contribution in [0.25, 0.3) is 0 Å². The molecule has 0 bridgehead atoms. The highest BCUT2D eigenvalue weighted by molar-refractivity contribution is 5.75. The van der Waals surface area contributed by atoms with E-state index < -0.39 is 12.0 Å². The van der Waals surface area contributed by atoms with E-state index in [1.807, 2.05) is 18.2 Å². The topological polar surface area (TPSA) is 70.0 Å². The Kier molecular flexibility index (Phi) is 4.23. The van der Waals surface area contributed by atoms with Gasteiger partial charge in [0.2, 0.25) is 0 Å². The zero-order valence-corrected chi connectivity index (χ0v) is 8.33. The van der Waals surface area contributed by atoms with Crippen LogP contribution in [0.1, 0.15) is 5.56 Å². The van der Waals surface area contributed by atoms with E-state index in [2.05, 4.69) is 4.74 Å². The van der Waals surface area contributed by atoms with Gasteiger partial charge in [-0.1, -0.05) is 35.6 Å². The minimum Gasteiger partial charge on any atom is -0.468 e. The molecule has 5 nitrogen and oxygen atoms in total. The SMILES string of the molecule is COC(=O)[C@H](Cc1ccccc1)N(O)O. The highest BCUT2D eigenvalue weighted by atomic mass is 16.8. The summed E-state index contributed by atoms with van der Waals surface area (Å²) in [6.07, 6.45) is 0.181. The summed E-state index contributed by atoms with van der Waals surface area (Å²) in [6.45, 7) is 0. The Hall–Kier alpha value is -1.43. The van der Waals surface area contributed by atoms with Crippen LogP contribution in [0.3, 0.4) is 0 Å². The first-order chi connectivity index (χ1) is 7.15. The quantitative estimate of drug-likeness (QED) is 0.570. The van der Waals surface area contributed by atoms with Gasteiger partial charge in [-0.05, 0) is 5.56 Å². The van der Waals surface area contributed by atoms with E-state index in [-0.39, 0.29) is 11.6 Å². The number of carbonyl (C=O) groups excluding carboxylic acids is 1. The van der Waals surface area contributed by atoms with Crippen LogP contribution in [-0.4, -0.2) is 34.8 Å². The second-order valence-corrected chi connectivity index (χ2v) is 3.05. The predicted octanol–water partition coefficient (Wildman–Crippen LogP) is 0.851. The lowest BCUT2D eigenvalue weighted by Gasteiger charge is -2.17. The Bertz CT molecular complexity index is 312. The number of nitrogens with zero attached hydrogens (tertiary/aromatic N) is 1. The summed E-state index contributed by atoms with van der Waals surface area (Å²) in [7, 11) is 1.20. The molecule has 0 fully saturated rings. The fourth-order valence-electron chi connectivity index (χ4n) is 1.23. The maximum absolute atomic E-state index is 11.2.